The van der Waals surface area contributed by atoms with Crippen LogP contribution in [0.3, 0.4) is 0 Å². The van der Waals surface area contributed by atoms with E-state index in [0.29, 0.717) is 19.4 Å². The van der Waals surface area contributed by atoms with E-state index in [2.05, 4.69) is 6.07 Å². The molecule has 25 heavy (non-hydrogen) atoms. The number of hydrogen-bond acceptors (Lipinski definition) is 5. The molecular formula is C17H25N3O4S. The Morgan fingerprint density at radius 3 is 2.28 bits per heavy atom. The molecule has 1 aromatic rings. The fourth-order valence-electron chi connectivity index (χ4n) is 2.49. The van der Waals surface area contributed by atoms with Gasteiger partial charge in [-0.3, -0.25) is 10.1 Å². The molecule has 0 saturated carbocycles. The largest absolute Gasteiger partial charge is 0.269 e. The van der Waals surface area contributed by atoms with Crippen LogP contribution in [0.15, 0.2) is 29.2 Å². The van der Waals surface area contributed by atoms with Crippen molar-refractivity contribution in [1.82, 2.24) is 4.31 Å². The zero-order valence-corrected chi connectivity index (χ0v) is 15.9. The lowest BCUT2D eigenvalue weighted by molar-refractivity contribution is -0.384. The maximum atomic E-state index is 13.0. The van der Waals surface area contributed by atoms with Crippen LogP contribution in [0.1, 0.15) is 40.5 Å². The highest BCUT2D eigenvalue weighted by molar-refractivity contribution is 7.89. The minimum absolute atomic E-state index is 0.0369. The molecule has 0 fully saturated rings. The number of nitro groups is 1. The van der Waals surface area contributed by atoms with Crippen LogP contribution in [0.4, 0.5) is 5.69 Å². The van der Waals surface area contributed by atoms with Crippen molar-refractivity contribution >= 4 is 15.7 Å². The third kappa shape index (κ3) is 6.11. The van der Waals surface area contributed by atoms with Gasteiger partial charge < -0.3 is 0 Å². The second-order valence-electron chi connectivity index (χ2n) is 7.26. The molecule has 0 saturated heterocycles. The summed E-state index contributed by atoms with van der Waals surface area (Å²) in [5, 5.41) is 19.5. The quantitative estimate of drug-likeness (QED) is 0.490. The monoisotopic (exact) mass is 367 g/mol. The van der Waals surface area contributed by atoms with Gasteiger partial charge in [0.2, 0.25) is 10.0 Å². The maximum Gasteiger partial charge on any atom is 0.269 e. The second kappa shape index (κ2) is 8.41. The minimum atomic E-state index is -3.77. The highest BCUT2D eigenvalue weighted by Gasteiger charge is 2.31. The summed E-state index contributed by atoms with van der Waals surface area (Å²) in [5.41, 5.74) is -0.498. The molecule has 8 heteroatoms. The van der Waals surface area contributed by atoms with Crippen molar-refractivity contribution in [2.45, 2.75) is 45.4 Å². The van der Waals surface area contributed by atoms with E-state index in [1.54, 1.807) is 0 Å². The molecule has 0 atom stereocenters. The predicted molar refractivity (Wildman–Crippen MR) is 95.3 cm³/mol. The molecule has 0 N–H and O–H groups in total. The van der Waals surface area contributed by atoms with Gasteiger partial charge in [-0.05, 0) is 29.9 Å². The van der Waals surface area contributed by atoms with Crippen LogP contribution in [0.2, 0.25) is 0 Å². The van der Waals surface area contributed by atoms with Crippen LogP contribution in [0.5, 0.6) is 0 Å². The summed E-state index contributed by atoms with van der Waals surface area (Å²) in [6, 6.07) is 7.02. The van der Waals surface area contributed by atoms with Crippen molar-refractivity contribution in [2.75, 3.05) is 13.1 Å². The summed E-state index contributed by atoms with van der Waals surface area (Å²) in [6.45, 7) is 8.36. The maximum absolute atomic E-state index is 13.0. The molecule has 1 aromatic carbocycles. The van der Waals surface area contributed by atoms with Crippen molar-refractivity contribution in [3.05, 3.63) is 34.4 Å². The Morgan fingerprint density at radius 2 is 1.84 bits per heavy atom. The third-order valence-corrected chi connectivity index (χ3v) is 5.60. The van der Waals surface area contributed by atoms with Crippen molar-refractivity contribution in [3.8, 4) is 6.07 Å². The number of non-ortho nitro benzene ring substituents is 1. The number of hydrogen-bond donors (Lipinski definition) is 0. The van der Waals surface area contributed by atoms with Gasteiger partial charge in [0.1, 0.15) is 0 Å². The lowest BCUT2D eigenvalue weighted by Gasteiger charge is -2.32. The standard InChI is InChI=1S/C17H25N3O4S/c1-14(2)12-19(13-17(3,4)10-5-11-18)25(23,24)16-8-6-15(7-9-16)20(21)22/h6-9,14H,5,10,12-13H2,1-4H3. The second-order valence-corrected chi connectivity index (χ2v) is 9.20. The summed E-state index contributed by atoms with van der Waals surface area (Å²) in [5.74, 6) is 0.125. The summed E-state index contributed by atoms with van der Waals surface area (Å²) in [7, 11) is -3.77. The van der Waals surface area contributed by atoms with Gasteiger partial charge in [-0.1, -0.05) is 27.7 Å². The number of nitrogens with zero attached hydrogens (tertiary/aromatic N) is 3. The van der Waals surface area contributed by atoms with E-state index in [0.717, 1.165) is 0 Å². The first-order valence-corrected chi connectivity index (χ1v) is 9.55. The van der Waals surface area contributed by atoms with E-state index in [1.165, 1.54) is 28.6 Å². The lowest BCUT2D eigenvalue weighted by Crippen LogP contribution is -2.41. The van der Waals surface area contributed by atoms with Gasteiger partial charge in [0, 0.05) is 31.6 Å². The van der Waals surface area contributed by atoms with Crippen molar-refractivity contribution < 1.29 is 13.3 Å². The molecule has 0 aliphatic carbocycles. The molecule has 0 aromatic heterocycles. The molecule has 0 amide bonds. The van der Waals surface area contributed by atoms with E-state index in [9.17, 15) is 18.5 Å². The first-order valence-electron chi connectivity index (χ1n) is 8.11. The average Bonchev–Trinajstić information content (AvgIpc) is 2.51. The summed E-state index contributed by atoms with van der Waals surface area (Å²) in [4.78, 5) is 10.2. The SMILES string of the molecule is CC(C)CN(CC(C)(C)CCC#N)S(=O)(=O)c1ccc([N+](=O)[O-])cc1. The summed E-state index contributed by atoms with van der Waals surface area (Å²) in [6.07, 6.45) is 0.952. The van der Waals surface area contributed by atoms with Gasteiger partial charge in [-0.15, -0.1) is 0 Å². The number of sulfonamides is 1. The van der Waals surface area contributed by atoms with Gasteiger partial charge in [0.25, 0.3) is 5.69 Å². The zero-order valence-electron chi connectivity index (χ0n) is 15.1. The van der Waals surface area contributed by atoms with Crippen molar-refractivity contribution in [2.24, 2.45) is 11.3 Å². The van der Waals surface area contributed by atoms with E-state index in [-0.39, 0.29) is 28.5 Å². The van der Waals surface area contributed by atoms with Crippen LogP contribution in [-0.4, -0.2) is 30.7 Å². The first-order chi connectivity index (χ1) is 11.5. The van der Waals surface area contributed by atoms with E-state index in [1.807, 2.05) is 27.7 Å². The van der Waals surface area contributed by atoms with Gasteiger partial charge in [-0.25, -0.2) is 8.42 Å². The highest BCUT2D eigenvalue weighted by atomic mass is 32.2. The van der Waals surface area contributed by atoms with Gasteiger partial charge in [-0.2, -0.15) is 9.57 Å². The zero-order chi connectivity index (χ0) is 19.3. The normalized spacial score (nSPS) is 12.4. The fraction of sp³-hybridized carbons (Fsp3) is 0.588. The third-order valence-electron chi connectivity index (χ3n) is 3.77. The molecule has 1 rings (SSSR count). The molecule has 0 unspecified atom stereocenters. The topological polar surface area (TPSA) is 104 Å². The Kier molecular flexibility index (Phi) is 7.08. The van der Waals surface area contributed by atoms with Crippen LogP contribution < -0.4 is 0 Å². The van der Waals surface area contributed by atoms with Crippen LogP contribution in [0.25, 0.3) is 0 Å². The van der Waals surface area contributed by atoms with Gasteiger partial charge in [0.05, 0.1) is 15.9 Å². The first kappa shape index (κ1) is 21.1. The van der Waals surface area contributed by atoms with Crippen molar-refractivity contribution in [1.29, 1.82) is 5.26 Å². The molecule has 0 heterocycles. The number of nitriles is 1. The highest BCUT2D eigenvalue weighted by Crippen LogP contribution is 2.28. The van der Waals surface area contributed by atoms with Crippen LogP contribution >= 0.6 is 0 Å². The molecule has 0 aliphatic rings. The number of nitro benzene ring substituents is 1. The number of rotatable bonds is 9. The van der Waals surface area contributed by atoms with Gasteiger partial charge >= 0.3 is 0 Å². The minimum Gasteiger partial charge on any atom is -0.258 e. The summed E-state index contributed by atoms with van der Waals surface area (Å²) < 4.78 is 27.4. The Hall–Kier alpha value is -1.98. The van der Waals surface area contributed by atoms with Crippen LogP contribution in [0, 0.1) is 32.8 Å². The van der Waals surface area contributed by atoms with Crippen LogP contribution in [-0.2, 0) is 10.0 Å². The molecule has 0 bridgehead atoms. The van der Waals surface area contributed by atoms with E-state index in [4.69, 9.17) is 5.26 Å². The fourth-order valence-corrected chi connectivity index (χ4v) is 4.29. The average molecular weight is 367 g/mol. The Labute approximate surface area is 149 Å². The predicted octanol–water partition coefficient (Wildman–Crippen LogP) is 3.57. The Balaban J connectivity index is 3.15. The molecule has 0 radical (unpaired) electrons. The molecular weight excluding hydrogens is 342 g/mol. The van der Waals surface area contributed by atoms with Crippen molar-refractivity contribution in [3.63, 3.8) is 0 Å². The number of benzene rings is 1. The molecule has 0 aliphatic heterocycles. The lowest BCUT2D eigenvalue weighted by atomic mass is 9.88. The molecule has 0 spiro atoms. The summed E-state index contributed by atoms with van der Waals surface area (Å²) >= 11 is 0. The van der Waals surface area contributed by atoms with E-state index >= 15 is 0 Å². The smallest absolute Gasteiger partial charge is 0.258 e. The molecule has 7 nitrogen and oxygen atoms in total. The Morgan fingerprint density at radius 1 is 1.28 bits per heavy atom. The van der Waals surface area contributed by atoms with E-state index < -0.39 is 14.9 Å². The van der Waals surface area contributed by atoms with Gasteiger partial charge in [0.15, 0.2) is 0 Å². The molecule has 138 valence electrons. The Bertz CT molecular complexity index is 734.